The number of nitrogens with zero attached hydrogens (tertiary/aromatic N) is 2. The van der Waals surface area contributed by atoms with Crippen LogP contribution in [0.1, 0.15) is 39.5 Å². The zero-order chi connectivity index (χ0) is 18.8. The number of benzene rings is 1. The average Bonchev–Trinajstić information content (AvgIpc) is 2.82. The SMILES string of the molecule is CC1CCCCC1NC(=O)CN1C(=O)C(C)N(c2ccc(F)cc2)C1=O. The summed E-state index contributed by atoms with van der Waals surface area (Å²) in [4.78, 5) is 39.8. The van der Waals surface area contributed by atoms with Gasteiger partial charge in [-0.2, -0.15) is 0 Å². The van der Waals surface area contributed by atoms with Crippen LogP contribution in [0, 0.1) is 11.7 Å². The first-order valence-electron chi connectivity index (χ1n) is 9.08. The molecule has 0 bridgehead atoms. The van der Waals surface area contributed by atoms with Gasteiger partial charge in [0.2, 0.25) is 5.91 Å². The lowest BCUT2D eigenvalue weighted by Crippen LogP contribution is -2.47. The molecule has 1 saturated heterocycles. The first-order valence-corrected chi connectivity index (χ1v) is 9.08. The Labute approximate surface area is 152 Å². The molecule has 7 heteroatoms. The van der Waals surface area contributed by atoms with Crippen molar-refractivity contribution in [3.05, 3.63) is 30.1 Å². The van der Waals surface area contributed by atoms with Gasteiger partial charge in [-0.3, -0.25) is 19.4 Å². The summed E-state index contributed by atoms with van der Waals surface area (Å²) < 4.78 is 13.1. The molecule has 2 aliphatic rings. The summed E-state index contributed by atoms with van der Waals surface area (Å²) in [6.07, 6.45) is 4.24. The second kappa shape index (κ2) is 7.43. The number of anilines is 1. The molecule has 1 aliphatic carbocycles. The number of nitrogens with one attached hydrogen (secondary N) is 1. The van der Waals surface area contributed by atoms with Crippen LogP contribution in [0.2, 0.25) is 0 Å². The predicted molar refractivity (Wildman–Crippen MR) is 95.0 cm³/mol. The van der Waals surface area contributed by atoms with Gasteiger partial charge in [-0.1, -0.05) is 19.8 Å². The van der Waals surface area contributed by atoms with Gasteiger partial charge in [-0.25, -0.2) is 9.18 Å². The predicted octanol–water partition coefficient (Wildman–Crippen LogP) is 2.68. The third kappa shape index (κ3) is 3.57. The molecule has 2 fully saturated rings. The Kier molecular flexibility index (Phi) is 5.25. The first-order chi connectivity index (χ1) is 12.4. The topological polar surface area (TPSA) is 69.7 Å². The number of carbonyl (C=O) groups excluding carboxylic acids is 3. The normalized spacial score (nSPS) is 26.3. The van der Waals surface area contributed by atoms with E-state index < -0.39 is 23.8 Å². The minimum atomic E-state index is -0.727. The van der Waals surface area contributed by atoms with E-state index in [-0.39, 0.29) is 18.5 Å². The van der Waals surface area contributed by atoms with E-state index in [1.807, 2.05) is 0 Å². The molecule has 26 heavy (non-hydrogen) atoms. The quantitative estimate of drug-likeness (QED) is 0.839. The molecule has 1 aliphatic heterocycles. The summed E-state index contributed by atoms with van der Waals surface area (Å²) >= 11 is 0. The van der Waals surface area contributed by atoms with E-state index in [0.29, 0.717) is 11.6 Å². The van der Waals surface area contributed by atoms with Gasteiger partial charge in [0.1, 0.15) is 18.4 Å². The van der Waals surface area contributed by atoms with E-state index in [1.165, 1.54) is 35.6 Å². The van der Waals surface area contributed by atoms with Gasteiger partial charge >= 0.3 is 6.03 Å². The summed E-state index contributed by atoms with van der Waals surface area (Å²) in [6.45, 7) is 3.42. The van der Waals surface area contributed by atoms with E-state index in [2.05, 4.69) is 12.2 Å². The molecule has 1 N–H and O–H groups in total. The molecule has 0 radical (unpaired) electrons. The molecule has 1 saturated carbocycles. The van der Waals surface area contributed by atoms with Crippen LogP contribution in [0.25, 0.3) is 0 Å². The van der Waals surface area contributed by atoms with Crippen molar-refractivity contribution in [2.75, 3.05) is 11.4 Å². The van der Waals surface area contributed by atoms with Crippen molar-refractivity contribution >= 4 is 23.5 Å². The van der Waals surface area contributed by atoms with Crippen molar-refractivity contribution in [2.45, 2.75) is 51.6 Å². The van der Waals surface area contributed by atoms with E-state index in [9.17, 15) is 18.8 Å². The minimum absolute atomic E-state index is 0.0923. The van der Waals surface area contributed by atoms with Crippen LogP contribution in [0.15, 0.2) is 24.3 Å². The Morgan fingerprint density at radius 2 is 1.81 bits per heavy atom. The fraction of sp³-hybridized carbons (Fsp3) is 0.526. The van der Waals surface area contributed by atoms with E-state index >= 15 is 0 Å². The van der Waals surface area contributed by atoms with Crippen molar-refractivity contribution in [2.24, 2.45) is 5.92 Å². The number of halogens is 1. The third-order valence-corrected chi connectivity index (χ3v) is 5.31. The van der Waals surface area contributed by atoms with E-state index in [1.54, 1.807) is 6.92 Å². The second-order valence-electron chi connectivity index (χ2n) is 7.17. The van der Waals surface area contributed by atoms with Gasteiger partial charge < -0.3 is 5.32 Å². The Bertz CT molecular complexity index is 706. The summed E-state index contributed by atoms with van der Waals surface area (Å²) in [5.74, 6) is -0.769. The highest BCUT2D eigenvalue weighted by Crippen LogP contribution is 2.26. The molecule has 6 nitrogen and oxygen atoms in total. The molecule has 3 rings (SSSR count). The molecule has 4 amide bonds. The Hall–Kier alpha value is -2.44. The lowest BCUT2D eigenvalue weighted by atomic mass is 9.86. The maximum Gasteiger partial charge on any atom is 0.332 e. The standard InChI is InChI=1S/C19H24FN3O3/c1-12-5-3-4-6-16(12)21-17(24)11-22-18(25)13(2)23(19(22)26)15-9-7-14(20)8-10-15/h7-10,12-13,16H,3-6,11H2,1-2H3,(H,21,24). The van der Waals surface area contributed by atoms with E-state index in [4.69, 9.17) is 0 Å². The summed E-state index contributed by atoms with van der Waals surface area (Å²) in [6, 6.07) is 4.18. The highest BCUT2D eigenvalue weighted by Gasteiger charge is 2.44. The van der Waals surface area contributed by atoms with Crippen LogP contribution < -0.4 is 10.2 Å². The molecule has 3 unspecified atom stereocenters. The molecule has 1 aromatic rings. The van der Waals surface area contributed by atoms with Gasteiger partial charge in [0.25, 0.3) is 5.91 Å². The largest absolute Gasteiger partial charge is 0.352 e. The Morgan fingerprint density at radius 1 is 1.15 bits per heavy atom. The molecule has 3 atom stereocenters. The van der Waals surface area contributed by atoms with Gasteiger partial charge in [-0.05, 0) is 49.9 Å². The van der Waals surface area contributed by atoms with Gasteiger partial charge in [0.15, 0.2) is 0 Å². The number of amides is 4. The Morgan fingerprint density at radius 3 is 2.46 bits per heavy atom. The smallest absolute Gasteiger partial charge is 0.332 e. The number of urea groups is 1. The lowest BCUT2D eigenvalue weighted by molar-refractivity contribution is -0.132. The number of imide groups is 1. The number of carbonyl (C=O) groups is 3. The van der Waals surface area contributed by atoms with Crippen molar-refractivity contribution in [1.82, 2.24) is 10.2 Å². The minimum Gasteiger partial charge on any atom is -0.352 e. The average molecular weight is 361 g/mol. The zero-order valence-electron chi connectivity index (χ0n) is 15.1. The van der Waals surface area contributed by atoms with Crippen molar-refractivity contribution < 1.29 is 18.8 Å². The van der Waals surface area contributed by atoms with Gasteiger partial charge in [-0.15, -0.1) is 0 Å². The van der Waals surface area contributed by atoms with Crippen molar-refractivity contribution in [3.63, 3.8) is 0 Å². The highest BCUT2D eigenvalue weighted by molar-refractivity contribution is 6.15. The first kappa shape index (κ1) is 18.4. The maximum atomic E-state index is 13.1. The number of rotatable bonds is 4. The molecule has 0 aromatic heterocycles. The van der Waals surface area contributed by atoms with Crippen LogP contribution in [-0.2, 0) is 9.59 Å². The summed E-state index contributed by atoms with van der Waals surface area (Å²) in [7, 11) is 0. The van der Waals surface area contributed by atoms with Gasteiger partial charge in [0, 0.05) is 11.7 Å². The zero-order valence-corrected chi connectivity index (χ0v) is 15.1. The monoisotopic (exact) mass is 361 g/mol. The van der Waals surface area contributed by atoms with Crippen molar-refractivity contribution in [3.8, 4) is 0 Å². The fourth-order valence-corrected chi connectivity index (χ4v) is 3.73. The van der Waals surface area contributed by atoms with Crippen LogP contribution in [-0.4, -0.2) is 41.4 Å². The summed E-state index contributed by atoms with van der Waals surface area (Å²) in [5.41, 5.74) is 0.432. The number of hydrogen-bond acceptors (Lipinski definition) is 3. The number of hydrogen-bond donors (Lipinski definition) is 1. The van der Waals surface area contributed by atoms with Crippen LogP contribution >= 0.6 is 0 Å². The summed E-state index contributed by atoms with van der Waals surface area (Å²) in [5, 5.41) is 2.96. The van der Waals surface area contributed by atoms with Crippen LogP contribution in [0.3, 0.4) is 0 Å². The van der Waals surface area contributed by atoms with Gasteiger partial charge in [0.05, 0.1) is 0 Å². The van der Waals surface area contributed by atoms with Crippen LogP contribution in [0.5, 0.6) is 0 Å². The third-order valence-electron chi connectivity index (χ3n) is 5.31. The van der Waals surface area contributed by atoms with Crippen LogP contribution in [0.4, 0.5) is 14.9 Å². The molecule has 1 heterocycles. The fourth-order valence-electron chi connectivity index (χ4n) is 3.73. The molecule has 0 spiro atoms. The van der Waals surface area contributed by atoms with E-state index in [0.717, 1.165) is 24.2 Å². The maximum absolute atomic E-state index is 13.1. The lowest BCUT2D eigenvalue weighted by Gasteiger charge is -2.30. The molecular weight excluding hydrogens is 337 g/mol. The highest BCUT2D eigenvalue weighted by atomic mass is 19.1. The Balaban J connectivity index is 1.68. The van der Waals surface area contributed by atoms with Crippen molar-refractivity contribution in [1.29, 1.82) is 0 Å². The molecule has 1 aromatic carbocycles. The molecular formula is C19H24FN3O3. The molecule has 140 valence electrons. The second-order valence-corrected chi connectivity index (χ2v) is 7.17.